The molecule has 1 aromatic carbocycles. The Balaban J connectivity index is 1.84. The Labute approximate surface area is 147 Å². The summed E-state index contributed by atoms with van der Waals surface area (Å²) in [6.45, 7) is 3.51. The van der Waals surface area contributed by atoms with Gasteiger partial charge in [-0.05, 0) is 59.1 Å². The van der Waals surface area contributed by atoms with Gasteiger partial charge < -0.3 is 10.1 Å². The van der Waals surface area contributed by atoms with Gasteiger partial charge in [-0.3, -0.25) is 4.79 Å². The summed E-state index contributed by atoms with van der Waals surface area (Å²) in [6, 6.07) is 9.53. The lowest BCUT2D eigenvalue weighted by atomic mass is 10.1. The molecule has 120 valence electrons. The highest BCUT2D eigenvalue weighted by atomic mass is 79.9. The lowest BCUT2D eigenvalue weighted by Crippen LogP contribution is -2.21. The average molecular weight is 394 g/mol. The van der Waals surface area contributed by atoms with Crippen LogP contribution in [0.2, 0.25) is 0 Å². The van der Waals surface area contributed by atoms with Crippen LogP contribution in [0, 0.1) is 13.8 Å². The fourth-order valence-electron chi connectivity index (χ4n) is 1.94. The van der Waals surface area contributed by atoms with Crippen molar-refractivity contribution in [3.05, 3.63) is 56.2 Å². The Morgan fingerprint density at radius 3 is 2.52 bits per heavy atom. The molecule has 0 aliphatic rings. The van der Waals surface area contributed by atoms with E-state index in [1.807, 2.05) is 44.2 Å². The van der Waals surface area contributed by atoms with Crippen LogP contribution in [0.15, 0.2) is 40.2 Å². The number of rotatable bonds is 5. The Kier molecular flexibility index (Phi) is 6.12. The number of aryl methyl sites for hydroxylation is 2. The molecule has 0 atom stereocenters. The van der Waals surface area contributed by atoms with Crippen molar-refractivity contribution in [3.8, 4) is 0 Å². The maximum absolute atomic E-state index is 11.9. The van der Waals surface area contributed by atoms with E-state index in [2.05, 4.69) is 21.2 Å². The van der Waals surface area contributed by atoms with Crippen molar-refractivity contribution in [3.63, 3.8) is 0 Å². The first kappa shape index (κ1) is 17.4. The molecule has 0 unspecified atom stereocenters. The molecule has 1 heterocycles. The van der Waals surface area contributed by atoms with Crippen LogP contribution in [-0.4, -0.2) is 18.5 Å². The quantitative estimate of drug-likeness (QED) is 0.607. The van der Waals surface area contributed by atoms with Crippen LogP contribution in [0.1, 0.15) is 16.0 Å². The molecule has 0 bridgehead atoms. The third-order valence-corrected chi connectivity index (χ3v) is 4.66. The summed E-state index contributed by atoms with van der Waals surface area (Å²) >= 11 is 4.85. The van der Waals surface area contributed by atoms with Crippen LogP contribution < -0.4 is 5.32 Å². The third-order valence-electron chi connectivity index (χ3n) is 3.07. The van der Waals surface area contributed by atoms with E-state index in [-0.39, 0.29) is 12.5 Å². The number of hydrogen-bond donors (Lipinski definition) is 1. The number of para-hydroxylation sites is 1. The van der Waals surface area contributed by atoms with Crippen molar-refractivity contribution in [2.75, 3.05) is 11.9 Å². The summed E-state index contributed by atoms with van der Waals surface area (Å²) in [6.07, 6.45) is 2.96. The number of nitrogens with one attached hydrogen (secondary N) is 1. The van der Waals surface area contributed by atoms with Crippen LogP contribution in [0.25, 0.3) is 6.08 Å². The molecule has 0 fully saturated rings. The maximum atomic E-state index is 11.9. The number of hydrogen-bond acceptors (Lipinski definition) is 4. The Bertz CT molecular complexity index is 732. The van der Waals surface area contributed by atoms with E-state index in [0.29, 0.717) is 0 Å². The van der Waals surface area contributed by atoms with Gasteiger partial charge in [0.1, 0.15) is 0 Å². The minimum Gasteiger partial charge on any atom is -0.452 e. The monoisotopic (exact) mass is 393 g/mol. The van der Waals surface area contributed by atoms with Crippen molar-refractivity contribution in [1.29, 1.82) is 0 Å². The fraction of sp³-hybridized carbons (Fsp3) is 0.176. The molecule has 23 heavy (non-hydrogen) atoms. The van der Waals surface area contributed by atoms with Crippen molar-refractivity contribution in [2.24, 2.45) is 0 Å². The lowest BCUT2D eigenvalue weighted by Gasteiger charge is -2.11. The minimum absolute atomic E-state index is 0.314. The highest BCUT2D eigenvalue weighted by Crippen LogP contribution is 2.23. The summed E-state index contributed by atoms with van der Waals surface area (Å²) in [7, 11) is 0. The maximum Gasteiger partial charge on any atom is 0.331 e. The number of anilines is 1. The summed E-state index contributed by atoms with van der Waals surface area (Å²) in [5.74, 6) is -0.908. The average Bonchev–Trinajstić information content (AvgIpc) is 2.92. The first-order chi connectivity index (χ1) is 11.0. The second-order valence-corrected chi connectivity index (χ2v) is 7.39. The zero-order valence-corrected chi connectivity index (χ0v) is 15.2. The van der Waals surface area contributed by atoms with Gasteiger partial charge in [-0.1, -0.05) is 18.2 Å². The number of thiophene rings is 1. The molecule has 4 nitrogen and oxygen atoms in total. The molecule has 6 heteroatoms. The first-order valence-corrected chi connectivity index (χ1v) is 8.53. The second-order valence-electron chi connectivity index (χ2n) is 4.90. The van der Waals surface area contributed by atoms with Gasteiger partial charge in [0.2, 0.25) is 0 Å². The smallest absolute Gasteiger partial charge is 0.331 e. The number of carbonyl (C=O) groups excluding carboxylic acids is 2. The van der Waals surface area contributed by atoms with E-state index in [1.54, 1.807) is 6.08 Å². The standard InChI is InChI=1S/C17H16BrNO3S/c1-11-4-3-5-12(2)17(11)19-15(20)10-22-16(21)9-7-13-6-8-14(18)23-13/h3-9H,10H2,1-2H3,(H,19,20)/b9-7+. The molecule has 0 aliphatic carbocycles. The number of carbonyl (C=O) groups is 2. The number of benzene rings is 1. The van der Waals surface area contributed by atoms with E-state index in [9.17, 15) is 9.59 Å². The summed E-state index contributed by atoms with van der Waals surface area (Å²) in [5.41, 5.74) is 2.69. The third kappa shape index (κ3) is 5.33. The van der Waals surface area contributed by atoms with Gasteiger partial charge in [-0.25, -0.2) is 4.79 Å². The molecule has 1 aromatic heterocycles. The molecule has 2 rings (SSSR count). The zero-order valence-electron chi connectivity index (χ0n) is 12.8. The largest absolute Gasteiger partial charge is 0.452 e. The van der Waals surface area contributed by atoms with Gasteiger partial charge in [-0.15, -0.1) is 11.3 Å². The van der Waals surface area contributed by atoms with Crippen LogP contribution in [0.3, 0.4) is 0 Å². The Morgan fingerprint density at radius 2 is 1.91 bits per heavy atom. The molecule has 0 radical (unpaired) electrons. The molecule has 0 saturated carbocycles. The highest BCUT2D eigenvalue weighted by molar-refractivity contribution is 9.11. The molecule has 1 amide bonds. The van der Waals surface area contributed by atoms with E-state index >= 15 is 0 Å². The molecule has 1 N–H and O–H groups in total. The van der Waals surface area contributed by atoms with Crippen molar-refractivity contribution in [1.82, 2.24) is 0 Å². The highest BCUT2D eigenvalue weighted by Gasteiger charge is 2.09. The topological polar surface area (TPSA) is 55.4 Å². The Hall–Kier alpha value is -1.92. The summed E-state index contributed by atoms with van der Waals surface area (Å²) in [4.78, 5) is 24.4. The number of ether oxygens (including phenoxy) is 1. The van der Waals surface area contributed by atoms with Crippen molar-refractivity contribution < 1.29 is 14.3 Å². The van der Waals surface area contributed by atoms with Gasteiger partial charge in [-0.2, -0.15) is 0 Å². The molecule has 0 spiro atoms. The zero-order chi connectivity index (χ0) is 16.8. The van der Waals surface area contributed by atoms with Crippen LogP contribution in [0.4, 0.5) is 5.69 Å². The van der Waals surface area contributed by atoms with E-state index in [1.165, 1.54) is 17.4 Å². The van der Waals surface area contributed by atoms with Crippen LogP contribution in [-0.2, 0) is 14.3 Å². The predicted molar refractivity (Wildman–Crippen MR) is 96.6 cm³/mol. The fourth-order valence-corrected chi connectivity index (χ4v) is 3.27. The molecule has 0 saturated heterocycles. The molecular weight excluding hydrogens is 378 g/mol. The van der Waals surface area contributed by atoms with Gasteiger partial charge in [0, 0.05) is 16.6 Å². The van der Waals surface area contributed by atoms with Gasteiger partial charge in [0.25, 0.3) is 5.91 Å². The Morgan fingerprint density at radius 1 is 1.22 bits per heavy atom. The van der Waals surface area contributed by atoms with E-state index in [0.717, 1.165) is 25.5 Å². The number of amides is 1. The summed E-state index contributed by atoms with van der Waals surface area (Å²) in [5, 5.41) is 2.77. The molecular formula is C17H16BrNO3S. The van der Waals surface area contributed by atoms with Gasteiger partial charge >= 0.3 is 5.97 Å². The van der Waals surface area contributed by atoms with Crippen molar-refractivity contribution >= 4 is 50.9 Å². The SMILES string of the molecule is Cc1cccc(C)c1NC(=O)COC(=O)/C=C/c1ccc(Br)s1. The van der Waals surface area contributed by atoms with E-state index < -0.39 is 5.97 Å². The van der Waals surface area contributed by atoms with Gasteiger partial charge in [0.05, 0.1) is 3.79 Å². The van der Waals surface area contributed by atoms with Crippen LogP contribution >= 0.6 is 27.3 Å². The van der Waals surface area contributed by atoms with E-state index in [4.69, 9.17) is 4.74 Å². The summed E-state index contributed by atoms with van der Waals surface area (Å²) < 4.78 is 5.92. The predicted octanol–water partition coefficient (Wildman–Crippen LogP) is 4.32. The lowest BCUT2D eigenvalue weighted by molar-refractivity contribution is -0.142. The number of halogens is 1. The van der Waals surface area contributed by atoms with Crippen LogP contribution in [0.5, 0.6) is 0 Å². The number of esters is 1. The second kappa shape index (κ2) is 8.08. The molecule has 2 aromatic rings. The van der Waals surface area contributed by atoms with Crippen molar-refractivity contribution in [2.45, 2.75) is 13.8 Å². The van der Waals surface area contributed by atoms with Gasteiger partial charge in [0.15, 0.2) is 6.61 Å². The first-order valence-electron chi connectivity index (χ1n) is 6.92. The molecule has 0 aliphatic heterocycles. The normalized spacial score (nSPS) is 10.7. The minimum atomic E-state index is -0.550.